The maximum Gasteiger partial charge on any atom is 0.421 e. The fourth-order valence-corrected chi connectivity index (χ4v) is 3.73. The summed E-state index contributed by atoms with van der Waals surface area (Å²) in [5, 5.41) is 5.46. The van der Waals surface area contributed by atoms with Crippen LogP contribution < -0.4 is 29.1 Å². The average molecular weight is 543 g/mol. The number of aromatic nitrogens is 3. The molecule has 0 aliphatic heterocycles. The number of sulfonamides is 1. The Labute approximate surface area is 211 Å². The Balaban J connectivity index is 1.96. The van der Waals surface area contributed by atoms with E-state index in [1.165, 1.54) is 34.6 Å². The second-order valence-corrected chi connectivity index (χ2v) is 9.58. The molecule has 0 spiro atoms. The number of nitrogens with one attached hydrogen (secondary N) is 2. The van der Waals surface area contributed by atoms with Gasteiger partial charge in [-0.25, -0.2) is 18.4 Å². The summed E-state index contributed by atoms with van der Waals surface area (Å²) in [6.45, 7) is -0.202. The fourth-order valence-electron chi connectivity index (χ4n) is 3.25. The van der Waals surface area contributed by atoms with Gasteiger partial charge in [0.05, 0.1) is 27.6 Å². The van der Waals surface area contributed by atoms with E-state index in [-0.39, 0.29) is 18.3 Å². The van der Waals surface area contributed by atoms with Gasteiger partial charge in [0.15, 0.2) is 11.5 Å². The van der Waals surface area contributed by atoms with E-state index in [4.69, 9.17) is 14.2 Å². The first-order chi connectivity index (χ1) is 17.4. The molecule has 3 aromatic rings. The van der Waals surface area contributed by atoms with Gasteiger partial charge in [-0.15, -0.1) is 0 Å². The predicted molar refractivity (Wildman–Crippen MR) is 131 cm³/mol. The standard InChI is InChI=1S/C22H25F3N6O5S/c1-31(37(5,32)33)20-13(7-6-8-26-20)11-27-19-15(22(23,24)25)12-28-21(30-19)29-14-9-16(34-2)18(36-4)17(10-14)35-3/h6-10,12H,11H2,1-5H3,(H2,27,28,29,30). The molecule has 200 valence electrons. The van der Waals surface area contributed by atoms with Crippen LogP contribution in [0.5, 0.6) is 17.2 Å². The van der Waals surface area contributed by atoms with Gasteiger partial charge in [-0.05, 0) is 6.07 Å². The maximum absolute atomic E-state index is 13.7. The molecular weight excluding hydrogens is 517 g/mol. The smallest absolute Gasteiger partial charge is 0.421 e. The van der Waals surface area contributed by atoms with Gasteiger partial charge in [-0.2, -0.15) is 18.2 Å². The number of ether oxygens (including phenoxy) is 3. The van der Waals surface area contributed by atoms with Gasteiger partial charge in [-0.1, -0.05) is 6.07 Å². The molecule has 37 heavy (non-hydrogen) atoms. The van der Waals surface area contributed by atoms with E-state index in [2.05, 4.69) is 25.6 Å². The van der Waals surface area contributed by atoms with Crippen LogP contribution in [0.3, 0.4) is 0 Å². The molecule has 2 N–H and O–H groups in total. The fraction of sp³-hybridized carbons (Fsp3) is 0.318. The van der Waals surface area contributed by atoms with Crippen molar-refractivity contribution in [3.8, 4) is 17.2 Å². The molecule has 15 heteroatoms. The van der Waals surface area contributed by atoms with Gasteiger partial charge in [-0.3, -0.25) is 4.31 Å². The molecular formula is C22H25F3N6O5S. The van der Waals surface area contributed by atoms with Crippen LogP contribution in [0, 0.1) is 0 Å². The Kier molecular flexibility index (Phi) is 8.15. The largest absolute Gasteiger partial charge is 0.493 e. The molecule has 0 aliphatic carbocycles. The summed E-state index contributed by atoms with van der Waals surface area (Å²) in [7, 11) is 1.93. The topological polar surface area (TPSA) is 128 Å². The highest BCUT2D eigenvalue weighted by molar-refractivity contribution is 7.92. The molecule has 1 aromatic carbocycles. The maximum atomic E-state index is 13.7. The predicted octanol–water partition coefficient (Wildman–Crippen LogP) is 3.67. The molecule has 2 heterocycles. The molecule has 2 aromatic heterocycles. The summed E-state index contributed by atoms with van der Waals surface area (Å²) >= 11 is 0. The van der Waals surface area contributed by atoms with Crippen LogP contribution in [-0.4, -0.2) is 58.0 Å². The minimum atomic E-state index is -4.76. The highest BCUT2D eigenvalue weighted by atomic mass is 32.2. The lowest BCUT2D eigenvalue weighted by molar-refractivity contribution is -0.137. The zero-order valence-corrected chi connectivity index (χ0v) is 21.4. The number of rotatable bonds is 10. The lowest BCUT2D eigenvalue weighted by atomic mass is 10.2. The van der Waals surface area contributed by atoms with Crippen molar-refractivity contribution in [2.75, 3.05) is 49.6 Å². The van der Waals surface area contributed by atoms with Crippen LogP contribution in [0.25, 0.3) is 0 Å². The van der Waals surface area contributed by atoms with E-state index in [1.54, 1.807) is 24.3 Å². The molecule has 11 nitrogen and oxygen atoms in total. The average Bonchev–Trinajstić information content (AvgIpc) is 2.85. The zero-order valence-electron chi connectivity index (χ0n) is 20.5. The van der Waals surface area contributed by atoms with Gasteiger partial charge in [0.2, 0.25) is 21.7 Å². The Hall–Kier alpha value is -4.01. The Bertz CT molecular complexity index is 1350. The Morgan fingerprint density at radius 3 is 2.24 bits per heavy atom. The number of hydrogen-bond acceptors (Lipinski definition) is 10. The van der Waals surface area contributed by atoms with Crippen molar-refractivity contribution in [2.24, 2.45) is 0 Å². The van der Waals surface area contributed by atoms with Gasteiger partial charge in [0.1, 0.15) is 17.2 Å². The Morgan fingerprint density at radius 1 is 1.05 bits per heavy atom. The first-order valence-electron chi connectivity index (χ1n) is 10.5. The monoisotopic (exact) mass is 542 g/mol. The van der Waals surface area contributed by atoms with Gasteiger partial charge in [0.25, 0.3) is 0 Å². The quantitative estimate of drug-likeness (QED) is 0.392. The molecule has 0 radical (unpaired) electrons. The van der Waals surface area contributed by atoms with E-state index < -0.39 is 27.6 Å². The SMILES string of the molecule is COc1cc(Nc2ncc(C(F)(F)F)c(NCc3cccnc3N(C)S(C)(=O)=O)n2)cc(OC)c1OC. The summed E-state index contributed by atoms with van der Waals surface area (Å²) in [6.07, 6.45) is -1.74. The van der Waals surface area contributed by atoms with Gasteiger partial charge < -0.3 is 24.8 Å². The highest BCUT2D eigenvalue weighted by Crippen LogP contribution is 2.41. The first-order valence-corrected chi connectivity index (χ1v) is 12.4. The number of anilines is 4. The molecule has 0 saturated carbocycles. The lowest BCUT2D eigenvalue weighted by Gasteiger charge is -2.20. The second kappa shape index (κ2) is 10.9. The van der Waals surface area contributed by atoms with Crippen molar-refractivity contribution in [2.45, 2.75) is 12.7 Å². The van der Waals surface area contributed by atoms with E-state index in [1.807, 2.05) is 0 Å². The number of halogens is 3. The summed E-state index contributed by atoms with van der Waals surface area (Å²) in [4.78, 5) is 11.9. The summed E-state index contributed by atoms with van der Waals surface area (Å²) in [5.74, 6) is 0.356. The summed E-state index contributed by atoms with van der Waals surface area (Å²) < 4.78 is 81.8. The van der Waals surface area contributed by atoms with Crippen LogP contribution in [0.15, 0.2) is 36.7 Å². The number of pyridine rings is 1. The molecule has 3 rings (SSSR count). The Morgan fingerprint density at radius 2 is 1.70 bits per heavy atom. The minimum absolute atomic E-state index is 0.0656. The summed E-state index contributed by atoms with van der Waals surface area (Å²) in [5.41, 5.74) is -0.407. The van der Waals surface area contributed by atoms with E-state index in [0.717, 1.165) is 10.6 Å². The van der Waals surface area contributed by atoms with Crippen molar-refractivity contribution in [3.63, 3.8) is 0 Å². The molecule has 0 saturated heterocycles. The van der Waals surface area contributed by atoms with Crippen molar-refractivity contribution >= 4 is 33.3 Å². The number of nitrogens with zero attached hydrogens (tertiary/aromatic N) is 4. The first kappa shape index (κ1) is 27.6. The van der Waals surface area contributed by atoms with Gasteiger partial charge >= 0.3 is 6.18 Å². The van der Waals surface area contributed by atoms with Crippen molar-refractivity contribution in [3.05, 3.63) is 47.8 Å². The van der Waals surface area contributed by atoms with E-state index in [9.17, 15) is 21.6 Å². The number of hydrogen-bond donors (Lipinski definition) is 2. The molecule has 0 atom stereocenters. The van der Waals surface area contributed by atoms with Crippen LogP contribution in [0.2, 0.25) is 0 Å². The lowest BCUT2D eigenvalue weighted by Crippen LogP contribution is -2.27. The molecule has 0 aliphatic rings. The zero-order chi connectivity index (χ0) is 27.4. The van der Waals surface area contributed by atoms with Crippen LogP contribution in [0.1, 0.15) is 11.1 Å². The van der Waals surface area contributed by atoms with Crippen molar-refractivity contribution in [1.82, 2.24) is 15.0 Å². The normalized spacial score (nSPS) is 11.6. The number of alkyl halides is 3. The third-order valence-corrected chi connectivity index (χ3v) is 6.29. The highest BCUT2D eigenvalue weighted by Gasteiger charge is 2.35. The summed E-state index contributed by atoms with van der Waals surface area (Å²) in [6, 6.07) is 6.16. The third kappa shape index (κ3) is 6.41. The van der Waals surface area contributed by atoms with Crippen LogP contribution in [-0.2, 0) is 22.7 Å². The van der Waals surface area contributed by atoms with E-state index >= 15 is 0 Å². The molecule has 0 fully saturated rings. The third-order valence-electron chi connectivity index (χ3n) is 5.12. The molecule has 0 amide bonds. The number of methoxy groups -OCH3 is 3. The number of benzene rings is 1. The molecule has 0 bridgehead atoms. The van der Waals surface area contributed by atoms with E-state index in [0.29, 0.717) is 34.7 Å². The second-order valence-electron chi connectivity index (χ2n) is 7.56. The van der Waals surface area contributed by atoms with Gasteiger partial charge in [0, 0.05) is 49.4 Å². The van der Waals surface area contributed by atoms with Crippen molar-refractivity contribution < 1.29 is 35.8 Å². The minimum Gasteiger partial charge on any atom is -0.493 e. The van der Waals surface area contributed by atoms with Crippen molar-refractivity contribution in [1.29, 1.82) is 0 Å². The molecule has 0 unspecified atom stereocenters. The van der Waals surface area contributed by atoms with Crippen LogP contribution in [0.4, 0.5) is 36.4 Å². The van der Waals surface area contributed by atoms with Crippen LogP contribution >= 0.6 is 0 Å².